The van der Waals surface area contributed by atoms with Gasteiger partial charge in [-0.25, -0.2) is 0 Å². The Balaban J connectivity index is 1.78. The summed E-state index contributed by atoms with van der Waals surface area (Å²) in [6.45, 7) is 4.95. The van der Waals surface area contributed by atoms with E-state index in [-0.39, 0.29) is 29.8 Å². The summed E-state index contributed by atoms with van der Waals surface area (Å²) >= 11 is 0. The number of rotatable bonds is 8. The van der Waals surface area contributed by atoms with E-state index in [2.05, 4.69) is 17.4 Å². The number of methoxy groups -OCH3 is 1. The molecule has 0 spiro atoms. The second-order valence-electron chi connectivity index (χ2n) is 6.69. The van der Waals surface area contributed by atoms with Crippen LogP contribution in [0.4, 0.5) is 0 Å². The summed E-state index contributed by atoms with van der Waals surface area (Å²) in [5.74, 6) is -0.233. The van der Waals surface area contributed by atoms with Gasteiger partial charge in [-0.2, -0.15) is 0 Å². The Kier molecular flexibility index (Phi) is 6.79. The molecule has 5 nitrogen and oxygen atoms in total. The number of ether oxygens (including phenoxy) is 1. The quantitative estimate of drug-likeness (QED) is 0.792. The van der Waals surface area contributed by atoms with Crippen molar-refractivity contribution in [1.29, 1.82) is 0 Å². The molecule has 24 heavy (non-hydrogen) atoms. The highest BCUT2D eigenvalue weighted by Crippen LogP contribution is 2.21. The Morgan fingerprint density at radius 2 is 2.04 bits per heavy atom. The Morgan fingerprint density at radius 3 is 2.71 bits per heavy atom. The zero-order valence-corrected chi connectivity index (χ0v) is 14.8. The van der Waals surface area contributed by atoms with Crippen molar-refractivity contribution in [3.05, 3.63) is 35.9 Å². The maximum atomic E-state index is 12.4. The summed E-state index contributed by atoms with van der Waals surface area (Å²) in [6, 6.07) is 10.4. The lowest BCUT2D eigenvalue weighted by molar-refractivity contribution is -0.130. The van der Waals surface area contributed by atoms with Crippen LogP contribution in [0.5, 0.6) is 0 Å². The molecule has 1 aliphatic heterocycles. The normalized spacial score (nSPS) is 20.0. The fraction of sp³-hybridized carbons (Fsp3) is 0.579. The lowest BCUT2D eigenvalue weighted by Gasteiger charge is -2.24. The molecule has 0 saturated carbocycles. The number of hydrogen-bond donors (Lipinski definition) is 1. The summed E-state index contributed by atoms with van der Waals surface area (Å²) in [7, 11) is 1.62. The van der Waals surface area contributed by atoms with Gasteiger partial charge in [0, 0.05) is 26.1 Å². The largest absolute Gasteiger partial charge is 0.383 e. The predicted molar refractivity (Wildman–Crippen MR) is 93.5 cm³/mol. The molecule has 0 unspecified atom stereocenters. The van der Waals surface area contributed by atoms with Crippen LogP contribution in [-0.2, 0) is 20.7 Å². The third-order valence-corrected chi connectivity index (χ3v) is 4.57. The van der Waals surface area contributed by atoms with Crippen LogP contribution < -0.4 is 5.32 Å². The van der Waals surface area contributed by atoms with Gasteiger partial charge in [-0.05, 0) is 32.3 Å². The first kappa shape index (κ1) is 18.5. The Bertz CT molecular complexity index is 547. The van der Waals surface area contributed by atoms with E-state index in [0.29, 0.717) is 19.6 Å². The fourth-order valence-corrected chi connectivity index (χ4v) is 3.13. The highest BCUT2D eigenvalue weighted by atomic mass is 16.5. The van der Waals surface area contributed by atoms with Gasteiger partial charge in [0.2, 0.25) is 11.8 Å². The van der Waals surface area contributed by atoms with Crippen LogP contribution in [0.3, 0.4) is 0 Å². The topological polar surface area (TPSA) is 58.6 Å². The molecular formula is C19H28N2O3. The minimum Gasteiger partial charge on any atom is -0.383 e. The second-order valence-corrected chi connectivity index (χ2v) is 6.69. The highest BCUT2D eigenvalue weighted by molar-refractivity contribution is 5.89. The molecule has 2 amide bonds. The Hall–Kier alpha value is -1.88. The average molecular weight is 332 g/mol. The maximum absolute atomic E-state index is 12.4. The van der Waals surface area contributed by atoms with Gasteiger partial charge in [0.15, 0.2) is 0 Å². The van der Waals surface area contributed by atoms with E-state index in [9.17, 15) is 9.59 Å². The van der Waals surface area contributed by atoms with Gasteiger partial charge < -0.3 is 15.0 Å². The molecule has 1 saturated heterocycles. The summed E-state index contributed by atoms with van der Waals surface area (Å²) in [4.78, 5) is 26.3. The predicted octanol–water partition coefficient (Wildman–Crippen LogP) is 2.01. The van der Waals surface area contributed by atoms with Crippen molar-refractivity contribution < 1.29 is 14.3 Å². The zero-order chi connectivity index (χ0) is 17.5. The molecule has 1 heterocycles. The van der Waals surface area contributed by atoms with E-state index >= 15 is 0 Å². The van der Waals surface area contributed by atoms with Crippen molar-refractivity contribution in [3.63, 3.8) is 0 Å². The van der Waals surface area contributed by atoms with E-state index < -0.39 is 0 Å². The molecule has 5 heteroatoms. The third-order valence-electron chi connectivity index (χ3n) is 4.57. The van der Waals surface area contributed by atoms with E-state index in [1.165, 1.54) is 5.56 Å². The van der Waals surface area contributed by atoms with Crippen LogP contribution in [0.25, 0.3) is 0 Å². The molecule has 132 valence electrons. The number of benzene rings is 1. The van der Waals surface area contributed by atoms with Gasteiger partial charge in [-0.1, -0.05) is 30.3 Å². The molecule has 1 aromatic rings. The first-order chi connectivity index (χ1) is 11.5. The smallest absolute Gasteiger partial charge is 0.225 e. The van der Waals surface area contributed by atoms with Crippen LogP contribution >= 0.6 is 0 Å². The monoisotopic (exact) mass is 332 g/mol. The van der Waals surface area contributed by atoms with Gasteiger partial charge in [0.1, 0.15) is 0 Å². The first-order valence-electron chi connectivity index (χ1n) is 8.64. The summed E-state index contributed by atoms with van der Waals surface area (Å²) in [5.41, 5.74) is 1.27. The summed E-state index contributed by atoms with van der Waals surface area (Å²) in [5, 5.41) is 3.06. The lowest BCUT2D eigenvalue weighted by Crippen LogP contribution is -2.40. The minimum atomic E-state index is -0.254. The SMILES string of the molecule is COC[C@H](C)N1C[C@H](C(=O)N[C@H](C)CCc2ccccc2)CC1=O. The Morgan fingerprint density at radius 1 is 1.33 bits per heavy atom. The van der Waals surface area contributed by atoms with Crippen molar-refractivity contribution in [3.8, 4) is 0 Å². The van der Waals surface area contributed by atoms with Crippen LogP contribution in [0.15, 0.2) is 30.3 Å². The third kappa shape index (κ3) is 5.06. The van der Waals surface area contributed by atoms with Crippen LogP contribution in [0, 0.1) is 5.92 Å². The van der Waals surface area contributed by atoms with Crippen molar-refractivity contribution in [2.45, 2.75) is 45.2 Å². The number of hydrogen-bond acceptors (Lipinski definition) is 3. The molecule has 1 aromatic carbocycles. The average Bonchev–Trinajstić information content (AvgIpc) is 2.96. The number of carbonyl (C=O) groups excluding carboxylic acids is 2. The van der Waals surface area contributed by atoms with E-state index in [0.717, 1.165) is 12.8 Å². The van der Waals surface area contributed by atoms with E-state index in [1.54, 1.807) is 12.0 Å². The molecule has 1 N–H and O–H groups in total. The zero-order valence-electron chi connectivity index (χ0n) is 14.8. The van der Waals surface area contributed by atoms with Crippen molar-refractivity contribution in [1.82, 2.24) is 10.2 Å². The van der Waals surface area contributed by atoms with Crippen molar-refractivity contribution >= 4 is 11.8 Å². The van der Waals surface area contributed by atoms with E-state index in [1.807, 2.05) is 32.0 Å². The molecule has 1 fully saturated rings. The standard InChI is InChI=1S/C19H28N2O3/c1-14(9-10-16-7-5-4-6-8-16)20-19(23)17-11-18(22)21(12-17)15(2)13-24-3/h4-8,14-15,17H,9-13H2,1-3H3,(H,20,23)/t14-,15+,17-/m1/s1. The van der Waals surface area contributed by atoms with Gasteiger partial charge in [-0.3, -0.25) is 9.59 Å². The molecule has 0 radical (unpaired) electrons. The van der Waals surface area contributed by atoms with Crippen LogP contribution in [0.1, 0.15) is 32.3 Å². The molecule has 2 rings (SSSR count). The number of nitrogens with zero attached hydrogens (tertiary/aromatic N) is 1. The molecule has 0 bridgehead atoms. The summed E-state index contributed by atoms with van der Waals surface area (Å²) in [6.07, 6.45) is 2.12. The molecule has 3 atom stereocenters. The Labute approximate surface area is 144 Å². The number of likely N-dealkylation sites (tertiary alicyclic amines) is 1. The molecule has 0 aromatic heterocycles. The van der Waals surface area contributed by atoms with Gasteiger partial charge in [0.05, 0.1) is 18.6 Å². The minimum absolute atomic E-state index is 0.0100. The van der Waals surface area contributed by atoms with Crippen LogP contribution in [0.2, 0.25) is 0 Å². The highest BCUT2D eigenvalue weighted by Gasteiger charge is 2.36. The van der Waals surface area contributed by atoms with Crippen LogP contribution in [-0.4, -0.2) is 49.1 Å². The van der Waals surface area contributed by atoms with E-state index in [4.69, 9.17) is 4.74 Å². The molecule has 1 aliphatic rings. The molecule has 0 aliphatic carbocycles. The maximum Gasteiger partial charge on any atom is 0.225 e. The van der Waals surface area contributed by atoms with Crippen molar-refractivity contribution in [2.24, 2.45) is 5.92 Å². The number of amides is 2. The number of carbonyl (C=O) groups is 2. The number of aryl methyl sites for hydroxylation is 1. The number of nitrogens with one attached hydrogen (secondary N) is 1. The van der Waals surface area contributed by atoms with Gasteiger partial charge in [-0.15, -0.1) is 0 Å². The summed E-state index contributed by atoms with van der Waals surface area (Å²) < 4.78 is 5.10. The molecular weight excluding hydrogens is 304 g/mol. The van der Waals surface area contributed by atoms with Crippen molar-refractivity contribution in [2.75, 3.05) is 20.3 Å². The van der Waals surface area contributed by atoms with Gasteiger partial charge in [0.25, 0.3) is 0 Å². The fourth-order valence-electron chi connectivity index (χ4n) is 3.13. The lowest BCUT2D eigenvalue weighted by atomic mass is 10.0. The second kappa shape index (κ2) is 8.83. The van der Waals surface area contributed by atoms with Gasteiger partial charge >= 0.3 is 0 Å². The first-order valence-corrected chi connectivity index (χ1v) is 8.64.